The molecule has 0 saturated carbocycles. The van der Waals surface area contributed by atoms with Crippen LogP contribution in [0.1, 0.15) is 16.1 Å². The van der Waals surface area contributed by atoms with Crippen LogP contribution in [0.3, 0.4) is 0 Å². The summed E-state index contributed by atoms with van der Waals surface area (Å²) in [6.07, 6.45) is 3.06. The second-order valence-electron chi connectivity index (χ2n) is 3.49. The molecule has 0 aromatic carbocycles. The Kier molecular flexibility index (Phi) is 3.39. The summed E-state index contributed by atoms with van der Waals surface area (Å²) in [5.74, 6) is -0.174. The van der Waals surface area contributed by atoms with Gasteiger partial charge in [-0.25, -0.2) is 4.98 Å². The van der Waals surface area contributed by atoms with Crippen LogP contribution < -0.4 is 5.32 Å². The average molecular weight is 306 g/mol. The molecular weight excluding hydrogens is 298 g/mol. The molecule has 0 unspecified atom stereocenters. The van der Waals surface area contributed by atoms with Crippen molar-refractivity contribution in [2.45, 2.75) is 0 Å². The highest BCUT2D eigenvalue weighted by Gasteiger charge is 2.13. The topological polar surface area (TPSA) is 83.6 Å². The SMILES string of the molecule is Cn1cc(C#N)c(NC(=O)c2ccc(Br)cn2)n1. The Hall–Kier alpha value is -2.20. The summed E-state index contributed by atoms with van der Waals surface area (Å²) in [5, 5.41) is 15.4. The van der Waals surface area contributed by atoms with Crippen molar-refractivity contribution in [3.05, 3.63) is 40.3 Å². The fraction of sp³-hybridized carbons (Fsp3) is 0.0909. The molecular formula is C11H8BrN5O. The van der Waals surface area contributed by atoms with Gasteiger partial charge in [-0.2, -0.15) is 10.4 Å². The molecule has 18 heavy (non-hydrogen) atoms. The zero-order valence-electron chi connectivity index (χ0n) is 9.38. The summed E-state index contributed by atoms with van der Waals surface area (Å²) in [4.78, 5) is 15.8. The largest absolute Gasteiger partial charge is 0.303 e. The van der Waals surface area contributed by atoms with Crippen molar-refractivity contribution >= 4 is 27.7 Å². The number of carbonyl (C=O) groups excluding carboxylic acids is 1. The minimum absolute atomic E-state index is 0.231. The Balaban J connectivity index is 2.21. The lowest BCUT2D eigenvalue weighted by Crippen LogP contribution is -2.14. The first-order valence-electron chi connectivity index (χ1n) is 4.97. The van der Waals surface area contributed by atoms with Crippen LogP contribution in [0.5, 0.6) is 0 Å². The number of hydrogen-bond donors (Lipinski definition) is 1. The summed E-state index contributed by atoms with van der Waals surface area (Å²) in [6.45, 7) is 0. The van der Waals surface area contributed by atoms with E-state index in [1.165, 1.54) is 17.1 Å². The van der Waals surface area contributed by atoms with E-state index in [9.17, 15) is 4.79 Å². The van der Waals surface area contributed by atoms with E-state index in [1.807, 2.05) is 6.07 Å². The second-order valence-corrected chi connectivity index (χ2v) is 4.41. The fourth-order valence-corrected chi connectivity index (χ4v) is 1.58. The number of nitrogens with one attached hydrogen (secondary N) is 1. The first-order chi connectivity index (χ1) is 8.60. The van der Waals surface area contributed by atoms with Crippen LogP contribution in [0, 0.1) is 11.3 Å². The molecule has 2 heterocycles. The lowest BCUT2D eigenvalue weighted by Gasteiger charge is -2.01. The van der Waals surface area contributed by atoms with Gasteiger partial charge in [0.1, 0.15) is 17.3 Å². The van der Waals surface area contributed by atoms with Crippen LogP contribution in [-0.4, -0.2) is 20.7 Å². The molecule has 1 amide bonds. The van der Waals surface area contributed by atoms with Gasteiger partial charge in [-0.1, -0.05) is 0 Å². The van der Waals surface area contributed by atoms with Gasteiger partial charge < -0.3 is 5.32 Å². The fourth-order valence-electron chi connectivity index (χ4n) is 1.34. The van der Waals surface area contributed by atoms with Gasteiger partial charge in [0.15, 0.2) is 5.82 Å². The van der Waals surface area contributed by atoms with Crippen LogP contribution in [0.25, 0.3) is 0 Å². The lowest BCUT2D eigenvalue weighted by atomic mass is 10.3. The van der Waals surface area contributed by atoms with Crippen LogP contribution in [0.15, 0.2) is 29.0 Å². The molecule has 0 fully saturated rings. The molecule has 0 saturated heterocycles. The summed E-state index contributed by atoms with van der Waals surface area (Å²) in [6, 6.07) is 5.25. The predicted octanol–water partition coefficient (Wildman–Crippen LogP) is 1.70. The predicted molar refractivity (Wildman–Crippen MR) is 67.8 cm³/mol. The highest BCUT2D eigenvalue weighted by atomic mass is 79.9. The Morgan fingerprint density at radius 1 is 1.56 bits per heavy atom. The number of carbonyl (C=O) groups is 1. The normalized spacial score (nSPS) is 9.83. The van der Waals surface area contributed by atoms with Gasteiger partial charge in [0.05, 0.1) is 0 Å². The van der Waals surface area contributed by atoms with E-state index < -0.39 is 5.91 Å². The number of nitriles is 1. The van der Waals surface area contributed by atoms with Crippen LogP contribution >= 0.6 is 15.9 Å². The summed E-state index contributed by atoms with van der Waals surface area (Å²) < 4.78 is 2.25. The van der Waals surface area contributed by atoms with Crippen LogP contribution in [-0.2, 0) is 7.05 Å². The van der Waals surface area contributed by atoms with E-state index in [1.54, 1.807) is 19.2 Å². The van der Waals surface area contributed by atoms with E-state index in [4.69, 9.17) is 5.26 Å². The molecule has 0 atom stereocenters. The molecule has 1 N–H and O–H groups in total. The van der Waals surface area contributed by atoms with Gasteiger partial charge in [-0.15, -0.1) is 0 Å². The molecule has 2 rings (SSSR count). The van der Waals surface area contributed by atoms with E-state index in [2.05, 4.69) is 31.3 Å². The standard InChI is InChI=1S/C11H8BrN5O/c1-17-6-7(4-13)10(16-17)15-11(18)9-3-2-8(12)5-14-9/h2-3,5-6H,1H3,(H,15,16,18). The number of aryl methyl sites for hydroxylation is 1. The molecule has 0 aliphatic rings. The van der Waals surface area contributed by atoms with Crippen molar-refractivity contribution in [3.8, 4) is 6.07 Å². The number of amides is 1. The van der Waals surface area contributed by atoms with Crippen LogP contribution in [0.2, 0.25) is 0 Å². The van der Waals surface area contributed by atoms with E-state index in [-0.39, 0.29) is 11.5 Å². The summed E-state index contributed by atoms with van der Waals surface area (Å²) in [5.41, 5.74) is 0.565. The molecule has 0 aliphatic heterocycles. The van der Waals surface area contributed by atoms with Gasteiger partial charge in [0, 0.05) is 23.9 Å². The number of nitrogens with zero attached hydrogens (tertiary/aromatic N) is 4. The summed E-state index contributed by atoms with van der Waals surface area (Å²) in [7, 11) is 1.67. The highest BCUT2D eigenvalue weighted by molar-refractivity contribution is 9.10. The highest BCUT2D eigenvalue weighted by Crippen LogP contribution is 2.13. The van der Waals surface area contributed by atoms with Crippen LogP contribution in [0.4, 0.5) is 5.82 Å². The van der Waals surface area contributed by atoms with Crippen molar-refractivity contribution < 1.29 is 4.79 Å². The minimum Gasteiger partial charge on any atom is -0.303 e. The average Bonchev–Trinajstić information content (AvgIpc) is 2.70. The molecule has 0 radical (unpaired) electrons. The third-order valence-electron chi connectivity index (χ3n) is 2.14. The molecule has 0 bridgehead atoms. The number of anilines is 1. The Bertz CT molecular complexity index is 626. The zero-order valence-corrected chi connectivity index (χ0v) is 11.0. The Morgan fingerprint density at radius 2 is 2.33 bits per heavy atom. The number of rotatable bonds is 2. The molecule has 2 aromatic rings. The maximum Gasteiger partial charge on any atom is 0.275 e. The second kappa shape index (κ2) is 4.98. The molecule has 0 spiro atoms. The number of pyridine rings is 1. The Labute approximate surface area is 111 Å². The maximum atomic E-state index is 11.9. The van der Waals surface area contributed by atoms with Gasteiger partial charge >= 0.3 is 0 Å². The molecule has 2 aromatic heterocycles. The first-order valence-corrected chi connectivity index (χ1v) is 5.76. The van der Waals surface area contributed by atoms with E-state index in [0.29, 0.717) is 5.56 Å². The van der Waals surface area contributed by atoms with Gasteiger partial charge in [0.2, 0.25) is 0 Å². The van der Waals surface area contributed by atoms with Gasteiger partial charge in [-0.3, -0.25) is 9.48 Å². The number of aromatic nitrogens is 3. The van der Waals surface area contributed by atoms with Crippen molar-refractivity contribution in [1.82, 2.24) is 14.8 Å². The van der Waals surface area contributed by atoms with Crippen molar-refractivity contribution in [3.63, 3.8) is 0 Å². The third-order valence-corrected chi connectivity index (χ3v) is 2.61. The van der Waals surface area contributed by atoms with Gasteiger partial charge in [-0.05, 0) is 28.1 Å². The van der Waals surface area contributed by atoms with Gasteiger partial charge in [0.25, 0.3) is 5.91 Å². The molecule has 7 heteroatoms. The smallest absolute Gasteiger partial charge is 0.275 e. The number of hydrogen-bond acceptors (Lipinski definition) is 4. The van der Waals surface area contributed by atoms with E-state index >= 15 is 0 Å². The minimum atomic E-state index is -0.405. The van der Waals surface area contributed by atoms with Crippen molar-refractivity contribution in [2.75, 3.05) is 5.32 Å². The molecule has 0 aliphatic carbocycles. The Morgan fingerprint density at radius 3 is 2.94 bits per heavy atom. The lowest BCUT2D eigenvalue weighted by molar-refractivity contribution is 0.102. The summed E-state index contributed by atoms with van der Waals surface area (Å²) >= 11 is 3.23. The third kappa shape index (κ3) is 2.55. The van der Waals surface area contributed by atoms with E-state index in [0.717, 1.165) is 4.47 Å². The van der Waals surface area contributed by atoms with Crippen molar-refractivity contribution in [1.29, 1.82) is 5.26 Å². The maximum absolute atomic E-state index is 11.9. The molecule has 90 valence electrons. The quantitative estimate of drug-likeness (QED) is 0.915. The first kappa shape index (κ1) is 12.3. The molecule has 6 nitrogen and oxygen atoms in total. The number of halogens is 1. The monoisotopic (exact) mass is 305 g/mol. The zero-order chi connectivity index (χ0) is 13.1. The van der Waals surface area contributed by atoms with Crippen molar-refractivity contribution in [2.24, 2.45) is 7.05 Å².